The average molecular weight is 416 g/mol. The highest BCUT2D eigenvalue weighted by molar-refractivity contribution is 6.08. The molecule has 0 radical (unpaired) electrons. The SMILES string of the molecule is CC(=O)c1c(F)c(C(N)=O)nc2c1c(=O)cc(Nc1ccccc1)n2-c1ccccc1. The van der Waals surface area contributed by atoms with Crippen molar-refractivity contribution in [1.29, 1.82) is 0 Å². The number of halogens is 1. The molecule has 0 aliphatic heterocycles. The summed E-state index contributed by atoms with van der Waals surface area (Å²) in [7, 11) is 0. The number of carbonyl (C=O) groups excluding carboxylic acids is 2. The molecule has 31 heavy (non-hydrogen) atoms. The van der Waals surface area contributed by atoms with E-state index in [0.717, 1.165) is 6.92 Å². The maximum atomic E-state index is 14.9. The number of anilines is 2. The summed E-state index contributed by atoms with van der Waals surface area (Å²) in [6.45, 7) is 1.12. The number of Topliss-reactive ketones (excluding diaryl/α,β-unsaturated/α-hetero) is 1. The van der Waals surface area contributed by atoms with Crippen LogP contribution in [0.2, 0.25) is 0 Å². The molecule has 0 fully saturated rings. The number of hydrogen-bond donors (Lipinski definition) is 2. The molecule has 0 aliphatic carbocycles. The first-order chi connectivity index (χ1) is 14.9. The molecule has 0 bridgehead atoms. The van der Waals surface area contributed by atoms with Crippen molar-refractivity contribution in [1.82, 2.24) is 9.55 Å². The molecule has 2 aromatic heterocycles. The van der Waals surface area contributed by atoms with Gasteiger partial charge in [0.15, 0.2) is 28.4 Å². The molecular weight excluding hydrogens is 399 g/mol. The zero-order valence-corrected chi connectivity index (χ0v) is 16.4. The van der Waals surface area contributed by atoms with E-state index in [1.165, 1.54) is 6.07 Å². The van der Waals surface area contributed by atoms with Crippen LogP contribution in [0.15, 0.2) is 71.5 Å². The van der Waals surface area contributed by atoms with E-state index in [9.17, 15) is 18.8 Å². The van der Waals surface area contributed by atoms with Crippen molar-refractivity contribution in [3.63, 3.8) is 0 Å². The minimum atomic E-state index is -1.20. The Balaban J connectivity index is 2.17. The van der Waals surface area contributed by atoms with Crippen LogP contribution in [0.25, 0.3) is 16.7 Å². The number of nitrogens with two attached hydrogens (primary N) is 1. The van der Waals surface area contributed by atoms with Gasteiger partial charge < -0.3 is 11.1 Å². The molecular formula is C23H17FN4O3. The largest absolute Gasteiger partial charge is 0.364 e. The topological polar surface area (TPSA) is 107 Å². The van der Waals surface area contributed by atoms with Gasteiger partial charge in [0.05, 0.1) is 10.9 Å². The van der Waals surface area contributed by atoms with Crippen molar-refractivity contribution in [2.75, 3.05) is 5.32 Å². The number of fused-ring (bicyclic) bond motifs is 1. The van der Waals surface area contributed by atoms with Crippen LogP contribution in [0.1, 0.15) is 27.8 Å². The number of primary amides is 1. The van der Waals surface area contributed by atoms with E-state index >= 15 is 0 Å². The van der Waals surface area contributed by atoms with Gasteiger partial charge in [0.25, 0.3) is 5.91 Å². The molecule has 4 aromatic rings. The Bertz CT molecular complexity index is 1380. The van der Waals surface area contributed by atoms with Crippen molar-refractivity contribution in [3.8, 4) is 5.69 Å². The highest BCUT2D eigenvalue weighted by atomic mass is 19.1. The van der Waals surface area contributed by atoms with Crippen LogP contribution in [0.3, 0.4) is 0 Å². The smallest absolute Gasteiger partial charge is 0.270 e. The first-order valence-electron chi connectivity index (χ1n) is 9.36. The van der Waals surface area contributed by atoms with Crippen LogP contribution < -0.4 is 16.5 Å². The Morgan fingerprint density at radius 2 is 1.65 bits per heavy atom. The molecule has 0 atom stereocenters. The van der Waals surface area contributed by atoms with E-state index in [0.29, 0.717) is 17.2 Å². The number of nitrogens with zero attached hydrogens (tertiary/aromatic N) is 2. The lowest BCUT2D eigenvalue weighted by Crippen LogP contribution is -2.23. The summed E-state index contributed by atoms with van der Waals surface area (Å²) in [5.74, 6) is -2.74. The van der Waals surface area contributed by atoms with E-state index in [2.05, 4.69) is 10.3 Å². The van der Waals surface area contributed by atoms with Gasteiger partial charge in [-0.2, -0.15) is 0 Å². The van der Waals surface area contributed by atoms with Crippen LogP contribution in [-0.2, 0) is 0 Å². The quantitative estimate of drug-likeness (QED) is 0.484. The van der Waals surface area contributed by atoms with E-state index in [1.54, 1.807) is 47.0 Å². The number of para-hydroxylation sites is 2. The molecule has 0 saturated heterocycles. The van der Waals surface area contributed by atoms with Gasteiger partial charge in [0, 0.05) is 17.4 Å². The number of nitrogens with one attached hydrogen (secondary N) is 1. The first kappa shape index (κ1) is 20.0. The van der Waals surface area contributed by atoms with Gasteiger partial charge >= 0.3 is 0 Å². The average Bonchev–Trinajstić information content (AvgIpc) is 2.74. The second-order valence-electron chi connectivity index (χ2n) is 6.82. The summed E-state index contributed by atoms with van der Waals surface area (Å²) in [6.07, 6.45) is 0. The van der Waals surface area contributed by atoms with Crippen molar-refractivity contribution in [2.45, 2.75) is 6.92 Å². The second-order valence-corrected chi connectivity index (χ2v) is 6.82. The van der Waals surface area contributed by atoms with E-state index in [-0.39, 0.29) is 11.0 Å². The number of rotatable bonds is 5. The molecule has 0 saturated carbocycles. The molecule has 7 nitrogen and oxygen atoms in total. The van der Waals surface area contributed by atoms with Crippen LogP contribution >= 0.6 is 0 Å². The molecule has 154 valence electrons. The van der Waals surface area contributed by atoms with Gasteiger partial charge in [-0.05, 0) is 31.2 Å². The normalized spacial score (nSPS) is 10.8. The summed E-state index contributed by atoms with van der Waals surface area (Å²) < 4.78 is 16.5. The molecule has 0 unspecified atom stereocenters. The number of amides is 1. The van der Waals surface area contributed by atoms with Gasteiger partial charge in [-0.3, -0.25) is 19.0 Å². The fourth-order valence-electron chi connectivity index (χ4n) is 3.41. The van der Waals surface area contributed by atoms with E-state index in [4.69, 9.17) is 5.73 Å². The zero-order valence-electron chi connectivity index (χ0n) is 16.4. The standard InChI is InChI=1S/C23H17FN4O3/c1-13(29)18-19-16(30)12-17(26-14-8-4-2-5-9-14)28(15-10-6-3-7-11-15)23(19)27-21(20(18)24)22(25)31/h2-12,26H,1H3,(H2,25,31). The second kappa shape index (κ2) is 7.83. The first-order valence-corrected chi connectivity index (χ1v) is 9.36. The number of carbonyl (C=O) groups is 2. The maximum absolute atomic E-state index is 14.9. The third-order valence-electron chi connectivity index (χ3n) is 4.73. The molecule has 2 aromatic carbocycles. The molecule has 1 amide bonds. The third-order valence-corrected chi connectivity index (χ3v) is 4.73. The Morgan fingerprint density at radius 1 is 1.03 bits per heavy atom. The lowest BCUT2D eigenvalue weighted by molar-refractivity contribution is 0.0991. The number of ketones is 1. The number of pyridine rings is 2. The van der Waals surface area contributed by atoms with Crippen LogP contribution in [0.4, 0.5) is 15.9 Å². The van der Waals surface area contributed by atoms with Gasteiger partial charge in [0.1, 0.15) is 5.82 Å². The third kappa shape index (κ3) is 3.55. The fourth-order valence-corrected chi connectivity index (χ4v) is 3.41. The Kier molecular flexibility index (Phi) is 5.04. The zero-order chi connectivity index (χ0) is 22.1. The highest BCUT2D eigenvalue weighted by Gasteiger charge is 2.26. The van der Waals surface area contributed by atoms with Crippen molar-refractivity contribution in [2.24, 2.45) is 5.73 Å². The molecule has 0 spiro atoms. The van der Waals surface area contributed by atoms with Crippen LogP contribution in [-0.4, -0.2) is 21.2 Å². The molecule has 3 N–H and O–H groups in total. The highest BCUT2D eigenvalue weighted by Crippen LogP contribution is 2.28. The monoisotopic (exact) mass is 416 g/mol. The molecule has 0 aliphatic rings. The number of aromatic nitrogens is 2. The fraction of sp³-hybridized carbons (Fsp3) is 0.0435. The summed E-state index contributed by atoms with van der Waals surface area (Å²) >= 11 is 0. The van der Waals surface area contributed by atoms with Crippen molar-refractivity contribution >= 4 is 34.2 Å². The summed E-state index contributed by atoms with van der Waals surface area (Å²) in [4.78, 5) is 41.2. The minimum absolute atomic E-state index is 0.0578. The summed E-state index contributed by atoms with van der Waals surface area (Å²) in [6, 6.07) is 19.2. The van der Waals surface area contributed by atoms with Gasteiger partial charge in [0.2, 0.25) is 0 Å². The van der Waals surface area contributed by atoms with Gasteiger partial charge in [-0.1, -0.05) is 36.4 Å². The van der Waals surface area contributed by atoms with Gasteiger partial charge in [-0.25, -0.2) is 9.37 Å². The predicted molar refractivity (Wildman–Crippen MR) is 116 cm³/mol. The van der Waals surface area contributed by atoms with E-state index in [1.807, 2.05) is 18.2 Å². The predicted octanol–water partition coefficient (Wildman–Crippen LogP) is 3.57. The van der Waals surface area contributed by atoms with Crippen LogP contribution in [0, 0.1) is 5.82 Å². The Morgan fingerprint density at radius 3 is 2.23 bits per heavy atom. The molecule has 4 rings (SSSR count). The number of benzene rings is 2. The number of hydrogen-bond acceptors (Lipinski definition) is 5. The van der Waals surface area contributed by atoms with E-state index < -0.39 is 34.2 Å². The minimum Gasteiger partial charge on any atom is -0.364 e. The summed E-state index contributed by atoms with van der Waals surface area (Å²) in [5.41, 5.74) is 4.68. The molecule has 8 heteroatoms. The Hall–Kier alpha value is -4.33. The lowest BCUT2D eigenvalue weighted by Gasteiger charge is -2.19. The summed E-state index contributed by atoms with van der Waals surface area (Å²) in [5, 5.41) is 2.92. The molecule has 2 heterocycles. The maximum Gasteiger partial charge on any atom is 0.270 e. The van der Waals surface area contributed by atoms with Crippen molar-refractivity contribution < 1.29 is 14.0 Å². The van der Waals surface area contributed by atoms with Gasteiger partial charge in [-0.15, -0.1) is 0 Å². The lowest BCUT2D eigenvalue weighted by atomic mass is 10.0. The Labute approximate surface area is 176 Å². The van der Waals surface area contributed by atoms with Crippen molar-refractivity contribution in [3.05, 3.63) is 94.0 Å². The van der Waals surface area contributed by atoms with Crippen LogP contribution in [0.5, 0.6) is 0 Å².